The van der Waals surface area contributed by atoms with Gasteiger partial charge in [-0.1, -0.05) is 48.5 Å². The molecule has 0 saturated heterocycles. The van der Waals surface area contributed by atoms with E-state index in [0.29, 0.717) is 25.9 Å². The third-order valence-electron chi connectivity index (χ3n) is 7.85. The van der Waals surface area contributed by atoms with Crippen LogP contribution in [0.2, 0.25) is 0 Å². The number of nitrogens with zero attached hydrogens (tertiary/aromatic N) is 1. The highest BCUT2D eigenvalue weighted by molar-refractivity contribution is 6.04. The van der Waals surface area contributed by atoms with E-state index in [1.807, 2.05) is 31.2 Å². The molecule has 7 nitrogen and oxygen atoms in total. The number of anilines is 1. The van der Waals surface area contributed by atoms with Crippen LogP contribution >= 0.6 is 0 Å². The molecule has 7 heteroatoms. The number of hydrogen-bond donors (Lipinski definition) is 2. The normalized spacial score (nSPS) is 18.1. The number of nitrogens with two attached hydrogens (primary N) is 1. The molecule has 0 saturated carbocycles. The molecule has 3 atom stereocenters. The Kier molecular flexibility index (Phi) is 7.47. The van der Waals surface area contributed by atoms with Gasteiger partial charge in [0.2, 0.25) is 17.7 Å². The van der Waals surface area contributed by atoms with Gasteiger partial charge in [0.25, 0.3) is 0 Å². The monoisotopic (exact) mass is 513 g/mol. The molecule has 0 fully saturated rings. The summed E-state index contributed by atoms with van der Waals surface area (Å²) in [6, 6.07) is 17.5. The lowest BCUT2D eigenvalue weighted by atomic mass is 10.0. The van der Waals surface area contributed by atoms with Crippen molar-refractivity contribution in [1.82, 2.24) is 5.32 Å². The number of carbonyl (C=O) groups excluding carboxylic acids is 3. The summed E-state index contributed by atoms with van der Waals surface area (Å²) in [5.74, 6) is -0.672. The van der Waals surface area contributed by atoms with Crippen LogP contribution in [0.25, 0.3) is 10.8 Å². The highest BCUT2D eigenvalue weighted by Gasteiger charge is 2.41. The van der Waals surface area contributed by atoms with E-state index in [0.717, 1.165) is 40.6 Å². The van der Waals surface area contributed by atoms with Crippen molar-refractivity contribution >= 4 is 34.2 Å². The Labute approximate surface area is 223 Å². The summed E-state index contributed by atoms with van der Waals surface area (Å²) < 4.78 is 6.20. The topological polar surface area (TPSA) is 102 Å². The molecule has 0 aliphatic carbocycles. The van der Waals surface area contributed by atoms with Crippen molar-refractivity contribution in [2.45, 2.75) is 77.2 Å². The standard InChI is InChI=1S/C31H35N3O4/c1-19-6-3-9-23-16-21(12-13-25(19)23)18-38-20(2)26(14-15-28(32)35)33-31(37)27-17-24-10-4-7-22-8-5-11-29(36)34(27)30(22)24/h3-4,6-7,9-10,12-13,16,20,26-27H,5,8,11,14-15,17-18H2,1-2H3,(H2,32,35)(H,33,37)/t20-,26+,27+/m1/s1. The van der Waals surface area contributed by atoms with E-state index in [9.17, 15) is 14.4 Å². The van der Waals surface area contributed by atoms with Crippen LogP contribution in [0.4, 0.5) is 5.69 Å². The Morgan fingerprint density at radius 3 is 2.71 bits per heavy atom. The van der Waals surface area contributed by atoms with Crippen LogP contribution in [-0.2, 0) is 38.6 Å². The van der Waals surface area contributed by atoms with Crippen molar-refractivity contribution in [3.63, 3.8) is 0 Å². The first-order chi connectivity index (χ1) is 18.3. The minimum atomic E-state index is -0.608. The second kappa shape index (κ2) is 11.0. The number of fused-ring (bicyclic) bond motifs is 1. The van der Waals surface area contributed by atoms with Crippen LogP contribution in [-0.4, -0.2) is 35.9 Å². The van der Waals surface area contributed by atoms with Gasteiger partial charge < -0.3 is 15.8 Å². The molecule has 3 aromatic carbocycles. The maximum Gasteiger partial charge on any atom is 0.243 e. The van der Waals surface area contributed by atoms with Crippen molar-refractivity contribution in [3.8, 4) is 0 Å². The third-order valence-corrected chi connectivity index (χ3v) is 7.85. The van der Waals surface area contributed by atoms with Gasteiger partial charge in [-0.15, -0.1) is 0 Å². The molecule has 0 bridgehead atoms. The van der Waals surface area contributed by atoms with E-state index in [2.05, 4.69) is 42.6 Å². The molecule has 2 heterocycles. The van der Waals surface area contributed by atoms with Crippen LogP contribution < -0.4 is 16.0 Å². The van der Waals surface area contributed by atoms with Crippen LogP contribution in [0.1, 0.15) is 54.9 Å². The highest BCUT2D eigenvalue weighted by Crippen LogP contribution is 2.39. The third kappa shape index (κ3) is 5.29. The van der Waals surface area contributed by atoms with Gasteiger partial charge >= 0.3 is 0 Å². The van der Waals surface area contributed by atoms with Crippen LogP contribution in [0.3, 0.4) is 0 Å². The van der Waals surface area contributed by atoms with Gasteiger partial charge in [-0.3, -0.25) is 19.3 Å². The minimum Gasteiger partial charge on any atom is -0.372 e. The van der Waals surface area contributed by atoms with Crippen LogP contribution in [0, 0.1) is 6.92 Å². The Bertz CT molecular complexity index is 1380. The average Bonchev–Trinajstić information content (AvgIpc) is 3.21. The van der Waals surface area contributed by atoms with E-state index >= 15 is 0 Å². The summed E-state index contributed by atoms with van der Waals surface area (Å²) in [6.07, 6.45) is 2.64. The molecule has 0 radical (unpaired) electrons. The molecule has 0 unspecified atom stereocenters. The van der Waals surface area contributed by atoms with Crippen molar-refractivity contribution in [1.29, 1.82) is 0 Å². The first kappa shape index (κ1) is 25.9. The summed E-state index contributed by atoms with van der Waals surface area (Å²) in [5.41, 5.74) is 10.7. The van der Waals surface area contributed by atoms with Gasteiger partial charge in [-0.25, -0.2) is 0 Å². The number of para-hydroxylation sites is 1. The smallest absolute Gasteiger partial charge is 0.243 e. The predicted molar refractivity (Wildman–Crippen MR) is 148 cm³/mol. The summed E-state index contributed by atoms with van der Waals surface area (Å²) in [7, 11) is 0. The van der Waals surface area contributed by atoms with Crippen molar-refractivity contribution < 1.29 is 19.1 Å². The van der Waals surface area contributed by atoms with E-state index in [4.69, 9.17) is 10.5 Å². The Hall–Kier alpha value is -3.71. The Morgan fingerprint density at radius 1 is 1.11 bits per heavy atom. The Balaban J connectivity index is 1.30. The number of amides is 3. The molecule has 2 aliphatic rings. The number of hydrogen-bond acceptors (Lipinski definition) is 4. The molecule has 38 heavy (non-hydrogen) atoms. The van der Waals surface area contributed by atoms with E-state index in [1.54, 1.807) is 4.90 Å². The van der Waals surface area contributed by atoms with E-state index in [-0.39, 0.29) is 24.3 Å². The molecule has 3 aromatic rings. The van der Waals surface area contributed by atoms with Gasteiger partial charge in [-0.05, 0) is 72.2 Å². The zero-order valence-corrected chi connectivity index (χ0v) is 22.0. The maximum atomic E-state index is 13.6. The lowest BCUT2D eigenvalue weighted by molar-refractivity contribution is -0.128. The Morgan fingerprint density at radius 2 is 1.89 bits per heavy atom. The summed E-state index contributed by atoms with van der Waals surface area (Å²) in [6.45, 7) is 4.36. The highest BCUT2D eigenvalue weighted by atomic mass is 16.5. The molecular weight excluding hydrogens is 478 g/mol. The fourth-order valence-electron chi connectivity index (χ4n) is 5.76. The average molecular weight is 514 g/mol. The molecule has 198 valence electrons. The van der Waals surface area contributed by atoms with Gasteiger partial charge in [0.15, 0.2) is 0 Å². The quantitative estimate of drug-likeness (QED) is 0.450. The van der Waals surface area contributed by atoms with Crippen LogP contribution in [0.15, 0.2) is 54.6 Å². The van der Waals surface area contributed by atoms with Crippen molar-refractivity contribution in [2.75, 3.05) is 4.90 Å². The summed E-state index contributed by atoms with van der Waals surface area (Å²) in [5, 5.41) is 5.47. The second-order valence-corrected chi connectivity index (χ2v) is 10.5. The molecule has 2 aliphatic heterocycles. The fraction of sp³-hybridized carbons (Fsp3) is 0.387. The fourth-order valence-corrected chi connectivity index (χ4v) is 5.76. The minimum absolute atomic E-state index is 0.0154. The number of ether oxygens (including phenoxy) is 1. The number of benzene rings is 3. The molecule has 5 rings (SSSR count). The SMILES string of the molecule is Cc1cccc2cc(CO[C@H](C)[C@H](CCC(N)=O)NC(=O)[C@@H]3Cc4cccc5c4N3C(=O)CCC5)ccc12. The lowest BCUT2D eigenvalue weighted by Crippen LogP contribution is -2.53. The first-order valence-corrected chi connectivity index (χ1v) is 13.4. The molecule has 0 spiro atoms. The van der Waals surface area contributed by atoms with Crippen molar-refractivity contribution in [3.05, 3.63) is 76.9 Å². The number of carbonyl (C=O) groups is 3. The van der Waals surface area contributed by atoms with Crippen LogP contribution in [0.5, 0.6) is 0 Å². The summed E-state index contributed by atoms with van der Waals surface area (Å²) in [4.78, 5) is 39.9. The molecule has 3 N–H and O–H groups in total. The first-order valence-electron chi connectivity index (χ1n) is 13.4. The van der Waals surface area contributed by atoms with E-state index in [1.165, 1.54) is 10.9 Å². The lowest BCUT2D eigenvalue weighted by Gasteiger charge is -2.29. The second-order valence-electron chi connectivity index (χ2n) is 10.5. The number of rotatable bonds is 9. The summed E-state index contributed by atoms with van der Waals surface area (Å²) >= 11 is 0. The predicted octanol–water partition coefficient (Wildman–Crippen LogP) is 4.10. The zero-order chi connectivity index (χ0) is 26.8. The van der Waals surface area contributed by atoms with Gasteiger partial charge in [0.1, 0.15) is 6.04 Å². The molecule has 3 amide bonds. The van der Waals surface area contributed by atoms with Gasteiger partial charge in [-0.2, -0.15) is 0 Å². The number of primary amides is 1. The van der Waals surface area contributed by atoms with E-state index < -0.39 is 18.0 Å². The van der Waals surface area contributed by atoms with Crippen molar-refractivity contribution in [2.24, 2.45) is 5.73 Å². The maximum absolute atomic E-state index is 13.6. The van der Waals surface area contributed by atoms with Gasteiger partial charge in [0.05, 0.1) is 24.4 Å². The largest absolute Gasteiger partial charge is 0.372 e. The number of aryl methyl sites for hydroxylation is 2. The number of nitrogens with one attached hydrogen (secondary N) is 1. The molecule has 0 aromatic heterocycles. The zero-order valence-electron chi connectivity index (χ0n) is 22.0. The molecular formula is C31H35N3O4. The van der Waals surface area contributed by atoms with Gasteiger partial charge in [0, 0.05) is 19.3 Å².